The molecule has 10 heteroatoms. The van der Waals surface area contributed by atoms with Crippen LogP contribution in [-0.2, 0) is 9.53 Å². The highest BCUT2D eigenvalue weighted by molar-refractivity contribution is 6.30. The molecule has 0 unspecified atom stereocenters. The summed E-state index contributed by atoms with van der Waals surface area (Å²) in [5, 5.41) is 3.60. The Morgan fingerprint density at radius 2 is 1.60 bits per heavy atom. The summed E-state index contributed by atoms with van der Waals surface area (Å²) in [5.41, 5.74) is 2.28. The van der Waals surface area contributed by atoms with E-state index in [1.54, 1.807) is 36.1 Å². The summed E-state index contributed by atoms with van der Waals surface area (Å²) in [7, 11) is 0. The Morgan fingerprint density at radius 1 is 0.907 bits per heavy atom. The number of urea groups is 1. The van der Waals surface area contributed by atoms with Crippen molar-refractivity contribution in [1.82, 2.24) is 20.0 Å². The molecule has 9 nitrogen and oxygen atoms in total. The summed E-state index contributed by atoms with van der Waals surface area (Å²) in [6.07, 6.45) is 0. The molecular weight excluding hydrogens is 568 g/mol. The molecule has 0 aromatic heterocycles. The number of amides is 3. The van der Waals surface area contributed by atoms with Crippen molar-refractivity contribution < 1.29 is 23.9 Å². The summed E-state index contributed by atoms with van der Waals surface area (Å²) in [6, 6.07) is 22.6. The molecular formula is C33H35ClN4O5. The molecule has 1 saturated heterocycles. The van der Waals surface area contributed by atoms with Gasteiger partial charge in [-0.1, -0.05) is 41.9 Å². The van der Waals surface area contributed by atoms with E-state index in [2.05, 4.69) is 10.2 Å². The average molecular weight is 603 g/mol. The van der Waals surface area contributed by atoms with E-state index in [1.807, 2.05) is 66.4 Å². The van der Waals surface area contributed by atoms with Gasteiger partial charge in [0.1, 0.15) is 11.5 Å². The van der Waals surface area contributed by atoms with E-state index in [1.165, 1.54) is 0 Å². The predicted octanol–water partition coefficient (Wildman–Crippen LogP) is 5.49. The minimum atomic E-state index is -0.726. The summed E-state index contributed by atoms with van der Waals surface area (Å²) in [4.78, 5) is 45.5. The van der Waals surface area contributed by atoms with Crippen LogP contribution in [0.2, 0.25) is 5.02 Å². The van der Waals surface area contributed by atoms with Gasteiger partial charge in [0.05, 0.1) is 18.2 Å². The van der Waals surface area contributed by atoms with Crippen LogP contribution in [0.25, 0.3) is 0 Å². The fourth-order valence-corrected chi connectivity index (χ4v) is 5.51. The van der Waals surface area contributed by atoms with Gasteiger partial charge in [0.2, 0.25) is 0 Å². The largest absolute Gasteiger partial charge is 0.463 e. The first-order valence-corrected chi connectivity index (χ1v) is 14.8. The molecule has 1 atom stereocenters. The fraction of sp³-hybridized carbons (Fsp3) is 0.303. The maximum Gasteiger partial charge on any atom is 0.338 e. The number of halogens is 1. The molecule has 224 valence electrons. The molecule has 3 aromatic rings. The van der Waals surface area contributed by atoms with Crippen LogP contribution in [0.4, 0.5) is 4.79 Å². The number of carbonyl (C=O) groups excluding carboxylic acids is 3. The van der Waals surface area contributed by atoms with Crippen molar-refractivity contribution in [1.29, 1.82) is 0 Å². The number of esters is 1. The molecule has 0 radical (unpaired) electrons. The molecule has 0 aliphatic carbocycles. The first-order chi connectivity index (χ1) is 20.9. The van der Waals surface area contributed by atoms with Gasteiger partial charge in [-0.2, -0.15) is 0 Å². The van der Waals surface area contributed by atoms with Gasteiger partial charge in [-0.3, -0.25) is 14.6 Å². The van der Waals surface area contributed by atoms with Gasteiger partial charge in [-0.05, 0) is 67.9 Å². The van der Waals surface area contributed by atoms with E-state index >= 15 is 0 Å². The lowest BCUT2D eigenvalue weighted by molar-refractivity contribution is -0.139. The Morgan fingerprint density at radius 3 is 2.28 bits per heavy atom. The molecule has 0 saturated carbocycles. The van der Waals surface area contributed by atoms with E-state index in [4.69, 9.17) is 21.1 Å². The van der Waals surface area contributed by atoms with Crippen LogP contribution in [0.3, 0.4) is 0 Å². The first-order valence-electron chi connectivity index (χ1n) is 14.5. The maximum absolute atomic E-state index is 13.5. The third-order valence-corrected chi connectivity index (χ3v) is 7.80. The summed E-state index contributed by atoms with van der Waals surface area (Å²) < 4.78 is 11.6. The van der Waals surface area contributed by atoms with Crippen LogP contribution in [0.5, 0.6) is 11.5 Å². The quantitative estimate of drug-likeness (QED) is 0.326. The standard InChI is InChI=1S/C33H35ClN4O5/c1-3-38-28(22-36-17-19-37(20-18-36)31(39)23-13-15-25(34)16-14-23)29(32(40)42-4-2)30(35-33(38)41)24-9-8-12-27(21-24)43-26-10-6-5-7-11-26/h5-16,21,30H,3-4,17-20,22H2,1-2H3,(H,35,41)/t30-/m1/s1. The molecule has 3 amide bonds. The van der Waals surface area contributed by atoms with Gasteiger partial charge in [0.25, 0.3) is 5.91 Å². The fourth-order valence-electron chi connectivity index (χ4n) is 5.39. The molecule has 43 heavy (non-hydrogen) atoms. The van der Waals surface area contributed by atoms with Gasteiger partial charge in [0.15, 0.2) is 0 Å². The van der Waals surface area contributed by atoms with Gasteiger partial charge in [0, 0.05) is 55.6 Å². The molecule has 1 fully saturated rings. The number of nitrogens with zero attached hydrogens (tertiary/aromatic N) is 3. The Hall–Kier alpha value is -4.34. The van der Waals surface area contributed by atoms with E-state index in [9.17, 15) is 14.4 Å². The smallest absolute Gasteiger partial charge is 0.338 e. The Balaban J connectivity index is 1.41. The monoisotopic (exact) mass is 602 g/mol. The highest BCUT2D eigenvalue weighted by Crippen LogP contribution is 2.34. The van der Waals surface area contributed by atoms with Gasteiger partial charge in [-0.25, -0.2) is 9.59 Å². The second-order valence-electron chi connectivity index (χ2n) is 10.3. The Labute approximate surface area is 256 Å². The normalized spacial score (nSPS) is 17.5. The van der Waals surface area contributed by atoms with Gasteiger partial charge in [-0.15, -0.1) is 0 Å². The van der Waals surface area contributed by atoms with Crippen molar-refractivity contribution in [3.63, 3.8) is 0 Å². The highest BCUT2D eigenvalue weighted by Gasteiger charge is 2.39. The number of nitrogens with one attached hydrogen (secondary N) is 1. The molecule has 3 aromatic carbocycles. The van der Waals surface area contributed by atoms with Crippen molar-refractivity contribution >= 4 is 29.5 Å². The molecule has 1 N–H and O–H groups in total. The zero-order chi connectivity index (χ0) is 30.3. The number of benzene rings is 3. The van der Waals surface area contributed by atoms with Crippen LogP contribution in [-0.4, -0.2) is 78.5 Å². The number of rotatable bonds is 9. The first kappa shape index (κ1) is 30.1. The van der Waals surface area contributed by atoms with Gasteiger partial charge >= 0.3 is 12.0 Å². The van der Waals surface area contributed by atoms with Crippen molar-refractivity contribution in [3.8, 4) is 11.5 Å². The number of ether oxygens (including phenoxy) is 2. The van der Waals surface area contributed by atoms with E-state index in [0.29, 0.717) is 78.2 Å². The lowest BCUT2D eigenvalue weighted by Gasteiger charge is -2.40. The van der Waals surface area contributed by atoms with Crippen LogP contribution >= 0.6 is 11.6 Å². The lowest BCUT2D eigenvalue weighted by Crippen LogP contribution is -2.53. The molecule has 2 aliphatic heterocycles. The van der Waals surface area contributed by atoms with Crippen LogP contribution in [0.1, 0.15) is 35.8 Å². The third-order valence-electron chi connectivity index (χ3n) is 7.54. The predicted molar refractivity (Wildman–Crippen MR) is 164 cm³/mol. The second-order valence-corrected chi connectivity index (χ2v) is 10.7. The second kappa shape index (κ2) is 13.8. The Bertz CT molecular complexity index is 1490. The molecule has 2 heterocycles. The SMILES string of the molecule is CCOC(=O)C1=C(CN2CCN(C(=O)c3ccc(Cl)cc3)CC2)N(CC)C(=O)N[C@@H]1c1cccc(Oc2ccccc2)c1. The van der Waals surface area contributed by atoms with Crippen molar-refractivity contribution in [2.45, 2.75) is 19.9 Å². The van der Waals surface area contributed by atoms with Crippen LogP contribution < -0.4 is 10.1 Å². The highest BCUT2D eigenvalue weighted by atomic mass is 35.5. The van der Waals surface area contributed by atoms with Crippen molar-refractivity contribution in [2.75, 3.05) is 45.9 Å². The maximum atomic E-state index is 13.5. The number of carbonyl (C=O) groups is 3. The minimum absolute atomic E-state index is 0.0485. The number of likely N-dealkylation sites (N-methyl/N-ethyl adjacent to an activating group) is 1. The molecule has 5 rings (SSSR count). The summed E-state index contributed by atoms with van der Waals surface area (Å²) in [5.74, 6) is 0.738. The minimum Gasteiger partial charge on any atom is -0.463 e. The summed E-state index contributed by atoms with van der Waals surface area (Å²) in [6.45, 7) is 6.78. The number of para-hydroxylation sites is 1. The molecule has 2 aliphatic rings. The van der Waals surface area contributed by atoms with Crippen LogP contribution in [0.15, 0.2) is 90.1 Å². The lowest BCUT2D eigenvalue weighted by atomic mass is 9.94. The third kappa shape index (κ3) is 7.01. The zero-order valence-corrected chi connectivity index (χ0v) is 25.0. The van der Waals surface area contributed by atoms with E-state index in [0.717, 1.165) is 0 Å². The number of piperazine rings is 1. The van der Waals surface area contributed by atoms with Gasteiger partial charge < -0.3 is 19.7 Å². The Kier molecular flexibility index (Phi) is 9.64. The number of hydrogen-bond acceptors (Lipinski definition) is 6. The average Bonchev–Trinajstić information content (AvgIpc) is 3.02. The van der Waals surface area contributed by atoms with E-state index in [-0.39, 0.29) is 18.5 Å². The molecule has 0 bridgehead atoms. The number of hydrogen-bond donors (Lipinski definition) is 1. The van der Waals surface area contributed by atoms with Crippen LogP contribution in [0, 0.1) is 0 Å². The van der Waals surface area contributed by atoms with E-state index < -0.39 is 12.0 Å². The zero-order valence-electron chi connectivity index (χ0n) is 24.3. The topological polar surface area (TPSA) is 91.4 Å². The van der Waals surface area contributed by atoms with Crippen molar-refractivity contribution in [2.24, 2.45) is 0 Å². The summed E-state index contributed by atoms with van der Waals surface area (Å²) >= 11 is 5.98. The molecule has 0 spiro atoms. The van der Waals surface area contributed by atoms with Crippen molar-refractivity contribution in [3.05, 3.63) is 106 Å².